The summed E-state index contributed by atoms with van der Waals surface area (Å²) in [5.74, 6) is -0.156. The normalized spacial score (nSPS) is 11.1. The molecule has 0 aliphatic carbocycles. The van der Waals surface area contributed by atoms with Crippen molar-refractivity contribution in [3.05, 3.63) is 75.6 Å². The van der Waals surface area contributed by atoms with Crippen molar-refractivity contribution in [2.24, 2.45) is 5.92 Å². The van der Waals surface area contributed by atoms with E-state index >= 15 is 0 Å². The van der Waals surface area contributed by atoms with Crippen molar-refractivity contribution in [2.75, 3.05) is 4.90 Å². The molecule has 3 aromatic rings. The van der Waals surface area contributed by atoms with E-state index in [1.165, 1.54) is 0 Å². The third-order valence-electron chi connectivity index (χ3n) is 4.57. The van der Waals surface area contributed by atoms with Crippen molar-refractivity contribution >= 4 is 22.5 Å². The number of carbonyl (C=O) groups excluding carboxylic acids is 1. The second-order valence-corrected chi connectivity index (χ2v) is 7.08. The van der Waals surface area contributed by atoms with Gasteiger partial charge in [0.15, 0.2) is 0 Å². The van der Waals surface area contributed by atoms with Gasteiger partial charge in [0.05, 0.1) is 12.1 Å². The van der Waals surface area contributed by atoms with Gasteiger partial charge in [-0.15, -0.1) is 0 Å². The number of rotatable bonds is 4. The van der Waals surface area contributed by atoms with Crippen molar-refractivity contribution in [3.8, 4) is 0 Å². The van der Waals surface area contributed by atoms with Crippen LogP contribution in [0.15, 0.2) is 53.3 Å². The molecule has 1 heterocycles. The summed E-state index contributed by atoms with van der Waals surface area (Å²) in [5, 5.41) is 0.973. The van der Waals surface area contributed by atoms with Gasteiger partial charge in [0, 0.05) is 17.2 Å². The fourth-order valence-corrected chi connectivity index (χ4v) is 3.12. The zero-order valence-electron chi connectivity index (χ0n) is 15.7. The number of anilines is 1. The molecule has 0 aliphatic heterocycles. The van der Waals surface area contributed by atoms with Crippen molar-refractivity contribution in [2.45, 2.75) is 34.2 Å². The molecule has 1 amide bonds. The van der Waals surface area contributed by atoms with Crippen molar-refractivity contribution in [1.29, 1.82) is 0 Å². The van der Waals surface area contributed by atoms with E-state index < -0.39 is 0 Å². The molecule has 0 radical (unpaired) electrons. The number of aromatic nitrogens is 1. The van der Waals surface area contributed by atoms with Crippen LogP contribution in [0.2, 0.25) is 0 Å². The maximum Gasteiger partial charge on any atom is 0.253 e. The van der Waals surface area contributed by atoms with E-state index in [9.17, 15) is 9.59 Å². The lowest BCUT2D eigenvalue weighted by atomic mass is 10.1. The highest BCUT2D eigenvalue weighted by atomic mass is 16.2. The Morgan fingerprint density at radius 2 is 1.81 bits per heavy atom. The molecule has 1 aromatic heterocycles. The molecule has 0 spiro atoms. The quantitative estimate of drug-likeness (QED) is 0.763. The van der Waals surface area contributed by atoms with E-state index in [1.54, 1.807) is 4.90 Å². The summed E-state index contributed by atoms with van der Waals surface area (Å²) in [6.45, 7) is 7.96. The van der Waals surface area contributed by atoms with Gasteiger partial charge in [0.1, 0.15) is 0 Å². The van der Waals surface area contributed by atoms with Gasteiger partial charge in [0.2, 0.25) is 5.91 Å². The Hall–Kier alpha value is -2.88. The van der Waals surface area contributed by atoms with Gasteiger partial charge < -0.3 is 9.88 Å². The highest BCUT2D eigenvalue weighted by Crippen LogP contribution is 2.22. The number of hydrogen-bond donors (Lipinski definition) is 1. The average molecular weight is 348 g/mol. The number of nitrogens with one attached hydrogen (secondary N) is 1. The largest absolute Gasteiger partial charge is 0.321 e. The lowest BCUT2D eigenvalue weighted by Crippen LogP contribution is -2.35. The molecule has 0 saturated heterocycles. The molecule has 1 N–H and O–H groups in total. The van der Waals surface area contributed by atoms with Crippen LogP contribution < -0.4 is 10.5 Å². The van der Waals surface area contributed by atoms with Crippen LogP contribution in [0, 0.1) is 19.8 Å². The summed E-state index contributed by atoms with van der Waals surface area (Å²) in [7, 11) is 0. The molecule has 134 valence electrons. The number of pyridine rings is 1. The van der Waals surface area contributed by atoms with Crippen LogP contribution in [0.3, 0.4) is 0 Å². The Labute approximate surface area is 153 Å². The molecule has 0 aliphatic rings. The SMILES string of the molecule is Cc1cccc(N(Cc2cc3cccc(C)c3[nH]c2=O)C(=O)C(C)C)c1. The van der Waals surface area contributed by atoms with Crippen LogP contribution in [-0.4, -0.2) is 10.9 Å². The number of H-pyrrole nitrogens is 1. The Morgan fingerprint density at radius 1 is 1.08 bits per heavy atom. The number of amides is 1. The van der Waals surface area contributed by atoms with Gasteiger partial charge in [-0.2, -0.15) is 0 Å². The Bertz CT molecular complexity index is 1020. The Kier molecular flexibility index (Phi) is 4.94. The minimum absolute atomic E-state index is 0.000612. The lowest BCUT2D eigenvalue weighted by molar-refractivity contribution is -0.121. The number of hydrogen-bond acceptors (Lipinski definition) is 2. The predicted molar refractivity (Wildman–Crippen MR) is 107 cm³/mol. The lowest BCUT2D eigenvalue weighted by Gasteiger charge is -2.25. The molecule has 0 saturated carbocycles. The zero-order chi connectivity index (χ0) is 18.8. The molecule has 0 atom stereocenters. The van der Waals surface area contributed by atoms with Crippen LogP contribution in [0.25, 0.3) is 10.9 Å². The first kappa shape index (κ1) is 17.9. The molecule has 0 bridgehead atoms. The Morgan fingerprint density at radius 3 is 2.50 bits per heavy atom. The fourth-order valence-electron chi connectivity index (χ4n) is 3.12. The zero-order valence-corrected chi connectivity index (χ0v) is 15.7. The van der Waals surface area contributed by atoms with Crippen molar-refractivity contribution in [3.63, 3.8) is 0 Å². The first-order valence-corrected chi connectivity index (χ1v) is 8.86. The number of nitrogens with zero attached hydrogens (tertiary/aromatic N) is 1. The third-order valence-corrected chi connectivity index (χ3v) is 4.57. The minimum atomic E-state index is -0.155. The fraction of sp³-hybridized carbons (Fsp3) is 0.273. The number of para-hydroxylation sites is 1. The average Bonchev–Trinajstić information content (AvgIpc) is 2.60. The molecule has 4 heteroatoms. The summed E-state index contributed by atoms with van der Waals surface area (Å²) in [5.41, 5.74) is 4.19. The summed E-state index contributed by atoms with van der Waals surface area (Å²) in [4.78, 5) is 30.1. The van der Waals surface area contributed by atoms with E-state index in [0.29, 0.717) is 5.56 Å². The molecule has 3 rings (SSSR count). The highest BCUT2D eigenvalue weighted by Gasteiger charge is 2.21. The molecule has 26 heavy (non-hydrogen) atoms. The van der Waals surface area contributed by atoms with Crippen LogP contribution >= 0.6 is 0 Å². The monoisotopic (exact) mass is 348 g/mol. The van der Waals surface area contributed by atoms with Crippen LogP contribution in [0.1, 0.15) is 30.5 Å². The molecular weight excluding hydrogens is 324 g/mol. The minimum Gasteiger partial charge on any atom is -0.321 e. The third kappa shape index (κ3) is 3.54. The van der Waals surface area contributed by atoms with Crippen LogP contribution in [-0.2, 0) is 11.3 Å². The maximum absolute atomic E-state index is 12.8. The molecule has 4 nitrogen and oxygen atoms in total. The molecule has 2 aromatic carbocycles. The van der Waals surface area contributed by atoms with E-state index in [2.05, 4.69) is 4.98 Å². The van der Waals surface area contributed by atoms with Gasteiger partial charge in [0.25, 0.3) is 5.56 Å². The van der Waals surface area contributed by atoms with Gasteiger partial charge in [-0.3, -0.25) is 9.59 Å². The maximum atomic E-state index is 12.8. The van der Waals surface area contributed by atoms with E-state index in [1.807, 2.05) is 76.2 Å². The number of carbonyl (C=O) groups is 1. The summed E-state index contributed by atoms with van der Waals surface area (Å²) < 4.78 is 0. The van der Waals surface area contributed by atoms with Gasteiger partial charge in [-0.25, -0.2) is 0 Å². The summed E-state index contributed by atoms with van der Waals surface area (Å²) in [6.07, 6.45) is 0. The first-order chi connectivity index (χ1) is 12.4. The molecule has 0 fully saturated rings. The number of fused-ring (bicyclic) bond motifs is 1. The van der Waals surface area contributed by atoms with Gasteiger partial charge >= 0.3 is 0 Å². The standard InChI is InChI=1S/C22H24N2O2/c1-14(2)22(26)24(19-10-5-7-15(3)11-19)13-18-12-17-9-6-8-16(4)20(17)23-21(18)25/h5-12,14H,13H2,1-4H3,(H,23,25). The molecule has 0 unspecified atom stereocenters. The van der Waals surface area contributed by atoms with E-state index in [4.69, 9.17) is 0 Å². The van der Waals surface area contributed by atoms with Crippen LogP contribution in [0.5, 0.6) is 0 Å². The summed E-state index contributed by atoms with van der Waals surface area (Å²) in [6, 6.07) is 15.6. The predicted octanol–water partition coefficient (Wildman–Crippen LogP) is 4.33. The molecular formula is C22H24N2O2. The second kappa shape index (κ2) is 7.16. The van der Waals surface area contributed by atoms with E-state index in [0.717, 1.165) is 27.7 Å². The number of benzene rings is 2. The van der Waals surface area contributed by atoms with Gasteiger partial charge in [-0.1, -0.05) is 44.2 Å². The Balaban J connectivity index is 2.07. The smallest absolute Gasteiger partial charge is 0.253 e. The number of aryl methyl sites for hydroxylation is 2. The van der Waals surface area contributed by atoms with Crippen molar-refractivity contribution in [1.82, 2.24) is 4.98 Å². The van der Waals surface area contributed by atoms with Gasteiger partial charge in [-0.05, 0) is 48.6 Å². The van der Waals surface area contributed by atoms with Crippen LogP contribution in [0.4, 0.5) is 5.69 Å². The first-order valence-electron chi connectivity index (χ1n) is 8.86. The highest BCUT2D eigenvalue weighted by molar-refractivity contribution is 5.94. The summed E-state index contributed by atoms with van der Waals surface area (Å²) >= 11 is 0. The van der Waals surface area contributed by atoms with E-state index in [-0.39, 0.29) is 23.9 Å². The second-order valence-electron chi connectivity index (χ2n) is 7.08. The van der Waals surface area contributed by atoms with Crippen molar-refractivity contribution < 1.29 is 4.79 Å². The number of aromatic amines is 1. The topological polar surface area (TPSA) is 53.2 Å².